The van der Waals surface area contributed by atoms with E-state index in [1.165, 1.54) is 0 Å². The Labute approximate surface area is 252 Å². The first-order valence-corrected chi connectivity index (χ1v) is 14.3. The molecule has 0 aliphatic rings. The fraction of sp³-hybridized carbons (Fsp3) is 0.0571. The number of fused-ring (bicyclic) bond motifs is 1. The minimum absolute atomic E-state index is 0.271. The summed E-state index contributed by atoms with van der Waals surface area (Å²) in [6, 6.07) is 39.8. The normalized spacial score (nSPS) is 11.2. The van der Waals surface area contributed by atoms with Crippen molar-refractivity contribution < 1.29 is 9.53 Å². The molecule has 0 aliphatic carbocycles. The summed E-state index contributed by atoms with van der Waals surface area (Å²) in [6.45, 7) is 2.52. The zero-order valence-electron chi connectivity index (χ0n) is 22.9. The quantitative estimate of drug-likeness (QED) is 0.139. The second-order valence-electron chi connectivity index (χ2n) is 9.87. The highest BCUT2D eigenvalue weighted by Gasteiger charge is 2.18. The number of aryl methyl sites for hydroxylation is 1. The summed E-state index contributed by atoms with van der Waals surface area (Å²) < 4.78 is 8.71. The van der Waals surface area contributed by atoms with E-state index < -0.39 is 5.91 Å². The Hall–Kier alpha value is -5.01. The Morgan fingerprint density at radius 3 is 2.43 bits per heavy atom. The topological polar surface area (TPSA) is 68.5 Å². The summed E-state index contributed by atoms with van der Waals surface area (Å²) >= 11 is 3.44. The van der Waals surface area contributed by atoms with E-state index in [4.69, 9.17) is 9.84 Å². The van der Waals surface area contributed by atoms with Crippen LogP contribution in [0.1, 0.15) is 27.2 Å². The van der Waals surface area contributed by atoms with Gasteiger partial charge in [0, 0.05) is 10.0 Å². The third-order valence-electron chi connectivity index (χ3n) is 6.86. The summed E-state index contributed by atoms with van der Waals surface area (Å²) in [7, 11) is 0. The molecular formula is C35H27BrN4O2. The van der Waals surface area contributed by atoms with Crippen LogP contribution in [0.4, 0.5) is 0 Å². The van der Waals surface area contributed by atoms with Gasteiger partial charge in [-0.05, 0) is 83.4 Å². The lowest BCUT2D eigenvalue weighted by molar-refractivity contribution is 0.0949. The Balaban J connectivity index is 1.19. The first-order chi connectivity index (χ1) is 20.5. The smallest absolute Gasteiger partial charge is 0.291 e. The number of halogens is 1. The maximum absolute atomic E-state index is 13.2. The van der Waals surface area contributed by atoms with Crippen molar-refractivity contribution in [2.75, 3.05) is 0 Å². The van der Waals surface area contributed by atoms with Crippen LogP contribution < -0.4 is 10.2 Å². The van der Waals surface area contributed by atoms with Crippen molar-refractivity contribution in [1.29, 1.82) is 0 Å². The fourth-order valence-corrected chi connectivity index (χ4v) is 4.90. The number of benzene rings is 5. The van der Waals surface area contributed by atoms with Crippen LogP contribution in [0.3, 0.4) is 0 Å². The zero-order valence-corrected chi connectivity index (χ0v) is 24.5. The van der Waals surface area contributed by atoms with E-state index in [-0.39, 0.29) is 5.69 Å². The molecule has 0 fully saturated rings. The third-order valence-corrected chi connectivity index (χ3v) is 7.39. The highest BCUT2D eigenvalue weighted by Crippen LogP contribution is 2.31. The summed E-state index contributed by atoms with van der Waals surface area (Å²) in [5.74, 6) is 0.356. The van der Waals surface area contributed by atoms with Gasteiger partial charge in [-0.2, -0.15) is 10.2 Å². The van der Waals surface area contributed by atoms with Gasteiger partial charge in [-0.1, -0.05) is 88.2 Å². The van der Waals surface area contributed by atoms with E-state index in [9.17, 15) is 4.79 Å². The largest absolute Gasteiger partial charge is 0.489 e. The predicted molar refractivity (Wildman–Crippen MR) is 171 cm³/mol. The van der Waals surface area contributed by atoms with Gasteiger partial charge in [-0.3, -0.25) is 4.79 Å². The maximum atomic E-state index is 13.2. The van der Waals surface area contributed by atoms with E-state index >= 15 is 0 Å². The Morgan fingerprint density at radius 2 is 1.64 bits per heavy atom. The average Bonchev–Trinajstić information content (AvgIpc) is 3.47. The molecule has 1 aromatic heterocycles. The van der Waals surface area contributed by atoms with Gasteiger partial charge in [0.1, 0.15) is 12.4 Å². The Morgan fingerprint density at radius 1 is 0.905 bits per heavy atom. The fourth-order valence-electron chi connectivity index (χ4n) is 4.64. The number of hydrogen-bond donors (Lipinski definition) is 1. The molecule has 7 heteroatoms. The van der Waals surface area contributed by atoms with Gasteiger partial charge >= 0.3 is 0 Å². The Bertz CT molecular complexity index is 1870. The van der Waals surface area contributed by atoms with Crippen molar-refractivity contribution in [1.82, 2.24) is 15.2 Å². The number of carbonyl (C=O) groups excluding carboxylic acids is 1. The van der Waals surface area contributed by atoms with Gasteiger partial charge in [0.15, 0.2) is 5.69 Å². The maximum Gasteiger partial charge on any atom is 0.291 e. The highest BCUT2D eigenvalue weighted by molar-refractivity contribution is 9.10. The van der Waals surface area contributed by atoms with Gasteiger partial charge in [0.05, 0.1) is 17.6 Å². The van der Waals surface area contributed by atoms with Gasteiger partial charge in [0.25, 0.3) is 5.91 Å². The van der Waals surface area contributed by atoms with E-state index in [2.05, 4.69) is 50.7 Å². The van der Waals surface area contributed by atoms with Gasteiger partial charge in [-0.15, -0.1) is 0 Å². The Kier molecular flexibility index (Phi) is 7.92. The second kappa shape index (κ2) is 12.2. The van der Waals surface area contributed by atoms with Crippen LogP contribution >= 0.6 is 15.9 Å². The van der Waals surface area contributed by atoms with Gasteiger partial charge < -0.3 is 4.74 Å². The molecule has 5 aromatic carbocycles. The first-order valence-electron chi connectivity index (χ1n) is 13.5. The summed E-state index contributed by atoms with van der Waals surface area (Å²) in [4.78, 5) is 13.2. The predicted octanol–water partition coefficient (Wildman–Crippen LogP) is 8.11. The van der Waals surface area contributed by atoms with E-state index in [1.807, 2.05) is 109 Å². The molecule has 0 aliphatic heterocycles. The zero-order chi connectivity index (χ0) is 28.9. The third kappa shape index (κ3) is 6.16. The molecule has 0 saturated carbocycles. The monoisotopic (exact) mass is 614 g/mol. The number of nitrogens with zero attached hydrogens (tertiary/aromatic N) is 3. The SMILES string of the molecule is Cc1ccc(-n2nc(C(=O)N/N=C\c3ccc(OCc4ccc(Br)cc4)cc3)cc2-c2cccc3ccccc23)cc1. The minimum Gasteiger partial charge on any atom is -0.489 e. The minimum atomic E-state index is -0.395. The number of amides is 1. The molecule has 0 saturated heterocycles. The molecule has 6 rings (SSSR count). The van der Waals surface area contributed by atoms with Crippen LogP contribution in [0, 0.1) is 6.92 Å². The number of carbonyl (C=O) groups is 1. The number of aromatic nitrogens is 2. The number of ether oxygens (including phenoxy) is 1. The van der Waals surface area contributed by atoms with Crippen molar-refractivity contribution in [3.63, 3.8) is 0 Å². The lowest BCUT2D eigenvalue weighted by Crippen LogP contribution is -2.18. The summed E-state index contributed by atoms with van der Waals surface area (Å²) in [5.41, 5.74) is 8.63. The van der Waals surface area contributed by atoms with Crippen molar-refractivity contribution >= 4 is 38.8 Å². The molecule has 1 heterocycles. The molecule has 0 atom stereocenters. The van der Waals surface area contributed by atoms with Crippen LogP contribution in [0.15, 0.2) is 131 Å². The molecule has 0 radical (unpaired) electrons. The number of hydrazone groups is 1. The lowest BCUT2D eigenvalue weighted by atomic mass is 10.0. The second-order valence-corrected chi connectivity index (χ2v) is 10.8. The molecule has 6 aromatic rings. The molecule has 42 heavy (non-hydrogen) atoms. The van der Waals surface area contributed by atoms with E-state index in [1.54, 1.807) is 6.21 Å². The number of hydrogen-bond acceptors (Lipinski definition) is 4. The molecule has 0 bridgehead atoms. The molecule has 1 amide bonds. The average molecular weight is 616 g/mol. The van der Waals surface area contributed by atoms with Crippen LogP contribution in [0.25, 0.3) is 27.7 Å². The van der Waals surface area contributed by atoms with Crippen LogP contribution in [-0.4, -0.2) is 21.9 Å². The molecule has 1 N–H and O–H groups in total. The molecular weight excluding hydrogens is 588 g/mol. The first kappa shape index (κ1) is 27.2. The number of rotatable bonds is 8. The molecule has 0 unspecified atom stereocenters. The van der Waals surface area contributed by atoms with Crippen LogP contribution in [0.5, 0.6) is 5.75 Å². The van der Waals surface area contributed by atoms with E-state index in [0.29, 0.717) is 6.61 Å². The highest BCUT2D eigenvalue weighted by atomic mass is 79.9. The van der Waals surface area contributed by atoms with Crippen molar-refractivity contribution in [3.8, 4) is 22.7 Å². The lowest BCUT2D eigenvalue weighted by Gasteiger charge is -2.10. The molecule has 206 valence electrons. The van der Waals surface area contributed by atoms with Crippen LogP contribution in [-0.2, 0) is 6.61 Å². The molecule has 6 nitrogen and oxygen atoms in total. The van der Waals surface area contributed by atoms with Crippen molar-refractivity contribution in [2.24, 2.45) is 5.10 Å². The van der Waals surface area contributed by atoms with Crippen LogP contribution in [0.2, 0.25) is 0 Å². The standard InChI is InChI=1S/C35H27BrN4O2/c1-24-9-17-29(18-10-24)40-34(32-8-4-6-27-5-2-3-7-31(27)32)21-33(39-40)35(41)38-37-22-25-13-19-30(20-14-25)42-23-26-11-15-28(36)16-12-26/h2-22H,23H2,1H3,(H,38,41)/b37-22-. The van der Waals surface area contributed by atoms with Gasteiger partial charge in [0.2, 0.25) is 0 Å². The summed E-state index contributed by atoms with van der Waals surface area (Å²) in [5, 5.41) is 11.1. The number of nitrogens with one attached hydrogen (secondary N) is 1. The summed E-state index contributed by atoms with van der Waals surface area (Å²) in [6.07, 6.45) is 1.60. The van der Waals surface area contributed by atoms with Crippen molar-refractivity contribution in [3.05, 3.63) is 148 Å². The van der Waals surface area contributed by atoms with Crippen molar-refractivity contribution in [2.45, 2.75) is 13.5 Å². The van der Waals surface area contributed by atoms with Gasteiger partial charge in [-0.25, -0.2) is 10.1 Å². The van der Waals surface area contributed by atoms with E-state index in [0.717, 1.165) is 54.6 Å². The molecule has 0 spiro atoms.